The van der Waals surface area contributed by atoms with Gasteiger partial charge in [-0.25, -0.2) is 9.59 Å². The van der Waals surface area contributed by atoms with Gasteiger partial charge in [-0.15, -0.1) is 0 Å². The summed E-state index contributed by atoms with van der Waals surface area (Å²) in [5, 5.41) is 13.0. The molecule has 0 spiro atoms. The van der Waals surface area contributed by atoms with E-state index in [1.807, 2.05) is 0 Å². The molecule has 220 valence electrons. The van der Waals surface area contributed by atoms with E-state index in [0.29, 0.717) is 0 Å². The number of hydrogen-bond acceptors (Lipinski definition) is 5. The van der Waals surface area contributed by atoms with E-state index in [4.69, 9.17) is 9.66 Å². The van der Waals surface area contributed by atoms with E-state index in [9.17, 15) is 18.0 Å². The second-order valence-corrected chi connectivity index (χ2v) is 14.1. The van der Waals surface area contributed by atoms with Crippen LogP contribution in [-0.4, -0.2) is 43.8 Å². The SMILES string of the molecule is COC(=O)c1ccccc1C(=O)O.C[P+](c1ccccc1)(c1ccccc1)c1ccccc1.O=S(=O)(O)c1ccccc1. The number of benzene rings is 5. The van der Waals surface area contributed by atoms with E-state index >= 15 is 0 Å². The summed E-state index contributed by atoms with van der Waals surface area (Å²) in [6.45, 7) is 2.41. The third kappa shape index (κ3) is 8.93. The van der Waals surface area contributed by atoms with Gasteiger partial charge in [0.25, 0.3) is 10.1 Å². The van der Waals surface area contributed by atoms with Gasteiger partial charge in [-0.05, 0) is 60.7 Å². The molecule has 0 heterocycles. The van der Waals surface area contributed by atoms with Gasteiger partial charge < -0.3 is 9.84 Å². The van der Waals surface area contributed by atoms with Crippen LogP contribution in [0.2, 0.25) is 0 Å². The minimum absolute atomic E-state index is 0.0469. The molecule has 0 unspecified atom stereocenters. The number of carboxylic acid groups (broad SMARTS) is 1. The normalized spacial score (nSPS) is 10.7. The number of carbonyl (C=O) groups is 2. The van der Waals surface area contributed by atoms with E-state index in [-0.39, 0.29) is 16.0 Å². The molecule has 0 aliphatic rings. The van der Waals surface area contributed by atoms with Crippen molar-refractivity contribution in [2.45, 2.75) is 4.90 Å². The molecule has 9 heteroatoms. The molecule has 5 rings (SSSR count). The Bertz CT molecular complexity index is 1620. The van der Waals surface area contributed by atoms with Gasteiger partial charge in [-0.2, -0.15) is 8.42 Å². The molecular weight excluding hydrogens is 583 g/mol. The van der Waals surface area contributed by atoms with Crippen molar-refractivity contribution in [3.05, 3.63) is 157 Å². The van der Waals surface area contributed by atoms with E-state index in [0.717, 1.165) is 0 Å². The number of carbonyl (C=O) groups excluding carboxylic acids is 1. The van der Waals surface area contributed by atoms with Crippen LogP contribution in [0.15, 0.2) is 150 Å². The fourth-order valence-electron chi connectivity index (χ4n) is 4.18. The largest absolute Gasteiger partial charge is 0.478 e. The molecule has 0 bridgehead atoms. The first-order valence-electron chi connectivity index (χ1n) is 13.1. The van der Waals surface area contributed by atoms with Crippen LogP contribution in [0, 0.1) is 0 Å². The number of esters is 1. The van der Waals surface area contributed by atoms with Crippen molar-refractivity contribution >= 4 is 45.2 Å². The predicted molar refractivity (Wildman–Crippen MR) is 172 cm³/mol. The Morgan fingerprint density at radius 1 is 0.581 bits per heavy atom. The van der Waals surface area contributed by atoms with Crippen molar-refractivity contribution in [3.8, 4) is 0 Å². The van der Waals surface area contributed by atoms with Gasteiger partial charge in [0.05, 0.1) is 29.8 Å². The topological polar surface area (TPSA) is 118 Å². The van der Waals surface area contributed by atoms with Crippen LogP contribution < -0.4 is 15.9 Å². The average molecular weight is 616 g/mol. The lowest BCUT2D eigenvalue weighted by Crippen LogP contribution is -2.30. The van der Waals surface area contributed by atoms with E-state index < -0.39 is 29.3 Å². The zero-order valence-electron chi connectivity index (χ0n) is 23.6. The van der Waals surface area contributed by atoms with Crippen molar-refractivity contribution in [1.29, 1.82) is 0 Å². The number of methoxy groups -OCH3 is 1. The molecule has 0 aliphatic heterocycles. The molecule has 0 saturated heterocycles. The molecule has 5 aromatic rings. The van der Waals surface area contributed by atoms with Crippen LogP contribution in [0.25, 0.3) is 0 Å². The van der Waals surface area contributed by atoms with Crippen molar-refractivity contribution in [2.24, 2.45) is 0 Å². The Labute approximate surface area is 252 Å². The Balaban J connectivity index is 0.000000190. The highest BCUT2D eigenvalue weighted by molar-refractivity contribution is 7.95. The Kier molecular flexibility index (Phi) is 11.9. The van der Waals surface area contributed by atoms with Crippen LogP contribution in [0.3, 0.4) is 0 Å². The first-order chi connectivity index (χ1) is 20.6. The van der Waals surface area contributed by atoms with Crippen LogP contribution in [0.5, 0.6) is 0 Å². The summed E-state index contributed by atoms with van der Waals surface area (Å²) in [6.07, 6.45) is 0. The molecule has 0 saturated carbocycles. The molecule has 43 heavy (non-hydrogen) atoms. The molecule has 0 fully saturated rings. The summed E-state index contributed by atoms with van der Waals surface area (Å²) in [5.41, 5.74) is 0.0202. The lowest BCUT2D eigenvalue weighted by atomic mass is 10.1. The molecule has 7 nitrogen and oxygen atoms in total. The highest BCUT2D eigenvalue weighted by atomic mass is 32.2. The lowest BCUT2D eigenvalue weighted by molar-refractivity contribution is 0.0582. The summed E-state index contributed by atoms with van der Waals surface area (Å²) in [5.74, 6) is -1.78. The second kappa shape index (κ2) is 15.6. The fraction of sp³-hybridized carbons (Fsp3) is 0.0588. The monoisotopic (exact) mass is 615 g/mol. The van der Waals surface area contributed by atoms with Gasteiger partial charge >= 0.3 is 11.9 Å². The molecule has 0 radical (unpaired) electrons. The number of hydrogen-bond donors (Lipinski definition) is 2. The van der Waals surface area contributed by atoms with Gasteiger partial charge in [0.2, 0.25) is 0 Å². The average Bonchev–Trinajstić information content (AvgIpc) is 3.06. The zero-order valence-corrected chi connectivity index (χ0v) is 25.4. The second-order valence-electron chi connectivity index (χ2n) is 9.14. The van der Waals surface area contributed by atoms with Crippen molar-refractivity contribution in [1.82, 2.24) is 0 Å². The maximum Gasteiger partial charge on any atom is 0.338 e. The number of rotatable bonds is 6. The highest BCUT2D eigenvalue weighted by Gasteiger charge is 2.39. The summed E-state index contributed by atoms with van der Waals surface area (Å²) in [4.78, 5) is 21.6. The van der Waals surface area contributed by atoms with Crippen molar-refractivity contribution < 1.29 is 32.4 Å². The number of aromatic carboxylic acids is 1. The van der Waals surface area contributed by atoms with Gasteiger partial charge in [0, 0.05) is 0 Å². The maximum atomic E-state index is 11.1. The summed E-state index contributed by atoms with van der Waals surface area (Å²) < 4.78 is 33.7. The Morgan fingerprint density at radius 2 is 0.907 bits per heavy atom. The smallest absolute Gasteiger partial charge is 0.338 e. The molecule has 0 amide bonds. The minimum Gasteiger partial charge on any atom is -0.478 e. The van der Waals surface area contributed by atoms with Gasteiger partial charge in [-0.1, -0.05) is 84.9 Å². The summed E-state index contributed by atoms with van der Waals surface area (Å²) >= 11 is 0. The zero-order chi connectivity index (χ0) is 31.3. The molecule has 2 N–H and O–H groups in total. The quantitative estimate of drug-likeness (QED) is 0.143. The molecule has 0 atom stereocenters. The molecule has 0 aliphatic carbocycles. The third-order valence-corrected chi connectivity index (χ3v) is 11.3. The van der Waals surface area contributed by atoms with Crippen LogP contribution in [0.1, 0.15) is 20.7 Å². The standard InChI is InChI=1S/C19H18P.C9H8O4.C6H6O3S/c1-20(17-11-5-2-6-12-17,18-13-7-3-8-14-18)19-15-9-4-10-16-19;1-13-9(12)7-5-3-2-4-6(7)8(10)11;7-10(8,9)6-4-2-1-3-5-6/h2-16H,1H3;2-5H,1H3,(H,10,11);1-5H,(H,7,8,9)/q+1;;. The first kappa shape index (κ1) is 32.9. The lowest BCUT2D eigenvalue weighted by Gasteiger charge is -2.22. The Morgan fingerprint density at radius 3 is 1.21 bits per heavy atom. The number of carboxylic acids is 1. The highest BCUT2D eigenvalue weighted by Crippen LogP contribution is 2.51. The van der Waals surface area contributed by atoms with Crippen LogP contribution in [-0.2, 0) is 14.9 Å². The Hall–Kier alpha value is -4.62. The third-order valence-electron chi connectivity index (χ3n) is 6.42. The van der Waals surface area contributed by atoms with Gasteiger partial charge in [0.1, 0.15) is 23.2 Å². The maximum absolute atomic E-state index is 11.1. The van der Waals surface area contributed by atoms with Crippen molar-refractivity contribution in [3.63, 3.8) is 0 Å². The van der Waals surface area contributed by atoms with E-state index in [1.54, 1.807) is 30.3 Å². The van der Waals surface area contributed by atoms with Crippen molar-refractivity contribution in [2.75, 3.05) is 13.8 Å². The van der Waals surface area contributed by atoms with E-state index in [1.165, 1.54) is 47.3 Å². The summed E-state index contributed by atoms with van der Waals surface area (Å²) in [6, 6.07) is 46.0. The van der Waals surface area contributed by atoms with E-state index in [2.05, 4.69) is 102 Å². The van der Waals surface area contributed by atoms with Gasteiger partial charge in [0.15, 0.2) is 0 Å². The van der Waals surface area contributed by atoms with Gasteiger partial charge in [-0.3, -0.25) is 4.55 Å². The van der Waals surface area contributed by atoms with Crippen LogP contribution in [0.4, 0.5) is 0 Å². The number of ether oxygens (including phenoxy) is 1. The molecule has 0 aromatic heterocycles. The van der Waals surface area contributed by atoms with Crippen LogP contribution >= 0.6 is 7.26 Å². The molecular formula is C34H32O7PS+. The predicted octanol–water partition coefficient (Wildman–Crippen LogP) is 5.72. The first-order valence-corrected chi connectivity index (χ1v) is 16.7. The fourth-order valence-corrected chi connectivity index (χ4v) is 7.88. The summed E-state index contributed by atoms with van der Waals surface area (Å²) in [7, 11) is -4.32. The minimum atomic E-state index is -4.00. The molecule has 5 aromatic carbocycles.